The number of alkyl halides is 1. The molecule has 1 fully saturated rings. The number of benzene rings is 1. The molecular formula is C19H18F3N7. The summed E-state index contributed by atoms with van der Waals surface area (Å²) < 4.78 is 41.7. The van der Waals surface area contributed by atoms with Gasteiger partial charge in [0, 0.05) is 24.1 Å². The van der Waals surface area contributed by atoms with Gasteiger partial charge in [-0.15, -0.1) is 0 Å². The first-order valence-corrected chi connectivity index (χ1v) is 9.03. The van der Waals surface area contributed by atoms with Crippen LogP contribution in [0, 0.1) is 11.6 Å². The number of allylic oxidation sites excluding steroid dienone is 1. The van der Waals surface area contributed by atoms with E-state index in [1.807, 2.05) is 19.1 Å². The van der Waals surface area contributed by atoms with Crippen LogP contribution in [0.2, 0.25) is 0 Å². The number of anilines is 3. The molecule has 7 nitrogen and oxygen atoms in total. The highest BCUT2D eigenvalue weighted by atomic mass is 19.1. The van der Waals surface area contributed by atoms with E-state index in [0.29, 0.717) is 5.82 Å². The zero-order chi connectivity index (χ0) is 20.4. The van der Waals surface area contributed by atoms with E-state index in [1.165, 1.54) is 12.4 Å². The molecule has 0 radical (unpaired) electrons. The summed E-state index contributed by atoms with van der Waals surface area (Å²) in [7, 11) is 0. The van der Waals surface area contributed by atoms with Gasteiger partial charge >= 0.3 is 0 Å². The molecule has 3 heterocycles. The first kappa shape index (κ1) is 18.9. The standard InChI is InChI=1S/C19H18F3N7/c1-2-3-13-8-17(28-27-13)25-18-23-10-24-19(26-18)29-9-12(21)7-16(29)14-5-4-11(20)6-15(14)22/h2-6,8,10,12,16H,7,9H2,1H3,(H2,23,24,25,26,27,28)/b3-2+. The van der Waals surface area contributed by atoms with Crippen LogP contribution in [0.3, 0.4) is 0 Å². The smallest absolute Gasteiger partial charge is 0.233 e. The minimum atomic E-state index is -1.19. The van der Waals surface area contributed by atoms with Crippen LogP contribution in [-0.4, -0.2) is 37.9 Å². The van der Waals surface area contributed by atoms with Crippen LogP contribution in [0.4, 0.5) is 30.9 Å². The van der Waals surface area contributed by atoms with Crippen LogP contribution in [0.5, 0.6) is 0 Å². The highest BCUT2D eigenvalue weighted by molar-refractivity contribution is 5.55. The lowest BCUT2D eigenvalue weighted by Gasteiger charge is -2.24. The van der Waals surface area contributed by atoms with Crippen molar-refractivity contribution in [2.24, 2.45) is 0 Å². The van der Waals surface area contributed by atoms with Gasteiger partial charge in [-0.25, -0.2) is 23.1 Å². The number of nitrogens with one attached hydrogen (secondary N) is 2. The van der Waals surface area contributed by atoms with E-state index >= 15 is 0 Å². The second kappa shape index (κ2) is 7.90. The van der Waals surface area contributed by atoms with Crippen molar-refractivity contribution in [1.29, 1.82) is 0 Å². The lowest BCUT2D eigenvalue weighted by molar-refractivity contribution is 0.356. The van der Waals surface area contributed by atoms with Crippen LogP contribution in [0.1, 0.15) is 30.6 Å². The molecule has 1 aromatic carbocycles. The molecule has 3 aromatic rings. The zero-order valence-corrected chi connectivity index (χ0v) is 15.5. The molecule has 0 spiro atoms. The van der Waals surface area contributed by atoms with E-state index < -0.39 is 23.8 Å². The van der Waals surface area contributed by atoms with Gasteiger partial charge in [-0.1, -0.05) is 12.1 Å². The number of aromatic nitrogens is 5. The summed E-state index contributed by atoms with van der Waals surface area (Å²) in [5.74, 6) is -0.499. The summed E-state index contributed by atoms with van der Waals surface area (Å²) in [6.45, 7) is 1.89. The topological polar surface area (TPSA) is 82.6 Å². The van der Waals surface area contributed by atoms with Crippen molar-refractivity contribution in [3.8, 4) is 0 Å². The maximum Gasteiger partial charge on any atom is 0.233 e. The van der Waals surface area contributed by atoms with Crippen LogP contribution in [0.15, 0.2) is 36.7 Å². The van der Waals surface area contributed by atoms with Crippen molar-refractivity contribution >= 4 is 23.8 Å². The first-order valence-electron chi connectivity index (χ1n) is 9.03. The molecule has 1 saturated heterocycles. The molecule has 29 heavy (non-hydrogen) atoms. The number of hydrogen-bond acceptors (Lipinski definition) is 6. The quantitative estimate of drug-likeness (QED) is 0.674. The van der Waals surface area contributed by atoms with Gasteiger partial charge in [0.15, 0.2) is 5.82 Å². The van der Waals surface area contributed by atoms with Crippen LogP contribution < -0.4 is 10.2 Å². The highest BCUT2D eigenvalue weighted by Gasteiger charge is 2.36. The summed E-state index contributed by atoms with van der Waals surface area (Å²) >= 11 is 0. The summed E-state index contributed by atoms with van der Waals surface area (Å²) in [6, 6.07) is 4.40. The van der Waals surface area contributed by atoms with E-state index in [9.17, 15) is 13.2 Å². The van der Waals surface area contributed by atoms with Crippen molar-refractivity contribution in [2.75, 3.05) is 16.8 Å². The van der Waals surface area contributed by atoms with Crippen LogP contribution >= 0.6 is 0 Å². The monoisotopic (exact) mass is 401 g/mol. The van der Waals surface area contributed by atoms with E-state index in [-0.39, 0.29) is 30.4 Å². The summed E-state index contributed by atoms with van der Waals surface area (Å²) in [4.78, 5) is 14.1. The van der Waals surface area contributed by atoms with Crippen molar-refractivity contribution < 1.29 is 13.2 Å². The Kier molecular flexibility index (Phi) is 5.15. The fourth-order valence-electron chi connectivity index (χ4n) is 3.34. The SMILES string of the molecule is C/C=C/c1cc(Nc2ncnc(N3CC(F)CC3c3ccc(F)cc3F)n2)n[nH]1. The minimum absolute atomic E-state index is 0.00121. The molecule has 4 rings (SSSR count). The second-order valence-corrected chi connectivity index (χ2v) is 6.61. The lowest BCUT2D eigenvalue weighted by Crippen LogP contribution is -2.26. The first-order chi connectivity index (χ1) is 14.0. The summed E-state index contributed by atoms with van der Waals surface area (Å²) in [5, 5.41) is 9.89. The summed E-state index contributed by atoms with van der Waals surface area (Å²) in [6.07, 6.45) is 3.88. The van der Waals surface area contributed by atoms with Crippen molar-refractivity contribution in [3.63, 3.8) is 0 Å². The highest BCUT2D eigenvalue weighted by Crippen LogP contribution is 2.37. The third kappa shape index (κ3) is 4.05. The largest absolute Gasteiger partial charge is 0.331 e. The predicted octanol–water partition coefficient (Wildman–Crippen LogP) is 3.94. The zero-order valence-electron chi connectivity index (χ0n) is 15.5. The van der Waals surface area contributed by atoms with Gasteiger partial charge in [0.25, 0.3) is 0 Å². The average molecular weight is 401 g/mol. The van der Waals surface area contributed by atoms with E-state index in [1.54, 1.807) is 11.0 Å². The van der Waals surface area contributed by atoms with Crippen LogP contribution in [-0.2, 0) is 0 Å². The van der Waals surface area contributed by atoms with Gasteiger partial charge in [0.1, 0.15) is 24.1 Å². The average Bonchev–Trinajstić information content (AvgIpc) is 3.29. The van der Waals surface area contributed by atoms with Gasteiger partial charge in [-0.05, 0) is 19.1 Å². The maximum atomic E-state index is 14.3. The van der Waals surface area contributed by atoms with Crippen molar-refractivity contribution in [1.82, 2.24) is 25.1 Å². The molecule has 0 bridgehead atoms. The molecule has 1 aliphatic rings. The Bertz CT molecular complexity index is 1040. The molecule has 0 aliphatic carbocycles. The van der Waals surface area contributed by atoms with E-state index in [0.717, 1.165) is 17.8 Å². The normalized spacial score (nSPS) is 19.2. The van der Waals surface area contributed by atoms with Crippen LogP contribution in [0.25, 0.3) is 6.08 Å². The molecule has 150 valence electrons. The van der Waals surface area contributed by atoms with Gasteiger partial charge in [-0.3, -0.25) is 5.10 Å². The van der Waals surface area contributed by atoms with Gasteiger partial charge in [0.05, 0.1) is 18.3 Å². The molecule has 0 saturated carbocycles. The molecule has 2 atom stereocenters. The fraction of sp³-hybridized carbons (Fsp3) is 0.263. The fourth-order valence-corrected chi connectivity index (χ4v) is 3.34. The molecule has 2 N–H and O–H groups in total. The second-order valence-electron chi connectivity index (χ2n) is 6.61. The number of aromatic amines is 1. The molecule has 2 aromatic heterocycles. The van der Waals surface area contributed by atoms with Gasteiger partial charge in [0.2, 0.25) is 11.9 Å². The third-order valence-electron chi connectivity index (χ3n) is 4.57. The maximum absolute atomic E-state index is 14.3. The molecule has 0 amide bonds. The number of hydrogen-bond donors (Lipinski definition) is 2. The number of rotatable bonds is 5. The number of nitrogens with zero attached hydrogens (tertiary/aromatic N) is 5. The Balaban J connectivity index is 1.60. The number of halogens is 3. The number of H-pyrrole nitrogens is 1. The Hall–Kier alpha value is -3.43. The predicted molar refractivity (Wildman–Crippen MR) is 102 cm³/mol. The Morgan fingerprint density at radius 2 is 2.10 bits per heavy atom. The van der Waals surface area contributed by atoms with Crippen molar-refractivity contribution in [3.05, 3.63) is 59.6 Å². The molecule has 1 aliphatic heterocycles. The Morgan fingerprint density at radius 1 is 1.24 bits per heavy atom. The van der Waals surface area contributed by atoms with Gasteiger partial charge in [-0.2, -0.15) is 10.1 Å². The molecular weight excluding hydrogens is 383 g/mol. The van der Waals surface area contributed by atoms with Crippen molar-refractivity contribution in [2.45, 2.75) is 25.6 Å². The Morgan fingerprint density at radius 3 is 2.90 bits per heavy atom. The van der Waals surface area contributed by atoms with E-state index in [2.05, 4.69) is 30.5 Å². The third-order valence-corrected chi connectivity index (χ3v) is 4.57. The van der Waals surface area contributed by atoms with E-state index in [4.69, 9.17) is 0 Å². The Labute approximate surface area is 164 Å². The molecule has 2 unspecified atom stereocenters. The van der Waals surface area contributed by atoms with Gasteiger partial charge < -0.3 is 10.2 Å². The molecule has 10 heteroatoms. The summed E-state index contributed by atoms with van der Waals surface area (Å²) in [5.41, 5.74) is 1.00. The lowest BCUT2D eigenvalue weighted by atomic mass is 10.0. The minimum Gasteiger partial charge on any atom is -0.331 e.